The van der Waals surface area contributed by atoms with Crippen LogP contribution in [0.15, 0.2) is 182 Å². The van der Waals surface area contributed by atoms with Gasteiger partial charge in [-0.2, -0.15) is 0 Å². The van der Waals surface area contributed by atoms with Crippen molar-refractivity contribution in [3.8, 4) is 55.6 Å². The Balaban J connectivity index is 1.14. The molecule has 0 fully saturated rings. The minimum Gasteiger partial charge on any atom is -0.310 e. The minimum absolute atomic E-state index is 0.0894. The number of para-hydroxylation sites is 1. The van der Waals surface area contributed by atoms with E-state index in [1.807, 2.05) is 0 Å². The molecule has 0 amide bonds. The molecule has 2 aliphatic rings. The van der Waals surface area contributed by atoms with Crippen LogP contribution in [0.3, 0.4) is 0 Å². The highest BCUT2D eigenvalue weighted by Gasteiger charge is 2.36. The Kier molecular flexibility index (Phi) is 8.48. The summed E-state index contributed by atoms with van der Waals surface area (Å²) in [5.41, 5.74) is 22.9. The summed E-state index contributed by atoms with van der Waals surface area (Å²) in [6.45, 7) is 16.3. The molecule has 0 aromatic heterocycles. The average Bonchev–Trinajstić information content (AvgIpc) is 3.63. The quantitative estimate of drug-likeness (QED) is 0.163. The highest BCUT2D eigenvalue weighted by atomic mass is 15.1. The number of fused-ring (bicyclic) bond motifs is 6. The van der Waals surface area contributed by atoms with Crippen LogP contribution in [0.25, 0.3) is 55.6 Å². The van der Waals surface area contributed by atoms with E-state index in [1.54, 1.807) is 0 Å². The fourth-order valence-electron chi connectivity index (χ4n) is 9.83. The standard InChI is InChI=1S/C58H51N/c1-56(2,3)44-27-21-38(22-28-44)39-23-29-46(30-24-39)59(45-15-9-8-10-16-45)47-34-42(40-25-31-50-48-17-11-13-19-52(48)57(4,5)54(50)36-40)33-43(35-47)41-26-32-51-49-18-12-14-20-53(49)58(6,7)55(51)37-41/h8-37H,1-7H3. The van der Waals surface area contributed by atoms with Crippen molar-refractivity contribution < 1.29 is 0 Å². The smallest absolute Gasteiger partial charge is 0.0473 e. The van der Waals surface area contributed by atoms with Crippen LogP contribution < -0.4 is 4.90 Å². The van der Waals surface area contributed by atoms with Gasteiger partial charge in [-0.1, -0.05) is 176 Å². The molecule has 10 rings (SSSR count). The lowest BCUT2D eigenvalue weighted by Gasteiger charge is -2.27. The van der Waals surface area contributed by atoms with Gasteiger partial charge in [-0.15, -0.1) is 0 Å². The lowest BCUT2D eigenvalue weighted by Crippen LogP contribution is -2.15. The fourth-order valence-corrected chi connectivity index (χ4v) is 9.83. The third kappa shape index (κ3) is 6.14. The number of hydrogen-bond acceptors (Lipinski definition) is 1. The molecule has 0 saturated heterocycles. The predicted octanol–water partition coefficient (Wildman–Crippen LogP) is 16.1. The molecule has 0 unspecified atom stereocenters. The first kappa shape index (κ1) is 36.9. The molecule has 0 bridgehead atoms. The highest BCUT2D eigenvalue weighted by molar-refractivity contribution is 5.90. The van der Waals surface area contributed by atoms with E-state index in [-0.39, 0.29) is 16.2 Å². The van der Waals surface area contributed by atoms with Crippen molar-refractivity contribution in [2.75, 3.05) is 4.90 Å². The van der Waals surface area contributed by atoms with Gasteiger partial charge in [0.25, 0.3) is 0 Å². The Morgan fingerprint density at radius 3 is 1.22 bits per heavy atom. The van der Waals surface area contributed by atoms with Crippen molar-refractivity contribution in [3.05, 3.63) is 210 Å². The van der Waals surface area contributed by atoms with Gasteiger partial charge in [0.2, 0.25) is 0 Å². The number of nitrogens with zero attached hydrogens (tertiary/aromatic N) is 1. The maximum atomic E-state index is 2.45. The molecule has 8 aromatic carbocycles. The fraction of sp³-hybridized carbons (Fsp3) is 0.172. The first-order valence-corrected chi connectivity index (χ1v) is 21.1. The topological polar surface area (TPSA) is 3.24 Å². The summed E-state index contributed by atoms with van der Waals surface area (Å²) in [6, 6.07) is 68.2. The van der Waals surface area contributed by atoms with Gasteiger partial charge in [0, 0.05) is 27.9 Å². The van der Waals surface area contributed by atoms with E-state index in [0.717, 1.165) is 17.1 Å². The Morgan fingerprint density at radius 2 is 0.729 bits per heavy atom. The summed E-state index contributed by atoms with van der Waals surface area (Å²) in [5.74, 6) is 0. The summed E-state index contributed by atoms with van der Waals surface area (Å²) in [7, 11) is 0. The minimum atomic E-state index is -0.0894. The van der Waals surface area contributed by atoms with Crippen LogP contribution >= 0.6 is 0 Å². The summed E-state index contributed by atoms with van der Waals surface area (Å²) in [6.07, 6.45) is 0. The van der Waals surface area contributed by atoms with Crippen LogP contribution in [0.5, 0.6) is 0 Å². The third-order valence-electron chi connectivity index (χ3n) is 13.2. The van der Waals surface area contributed by atoms with Gasteiger partial charge in [0.1, 0.15) is 0 Å². The summed E-state index contributed by atoms with van der Waals surface area (Å²) < 4.78 is 0. The second kappa shape index (κ2) is 13.6. The van der Waals surface area contributed by atoms with Gasteiger partial charge in [-0.05, 0) is 143 Å². The Labute approximate surface area is 350 Å². The second-order valence-electron chi connectivity index (χ2n) is 18.7. The summed E-state index contributed by atoms with van der Waals surface area (Å²) in [5, 5.41) is 0. The molecule has 288 valence electrons. The summed E-state index contributed by atoms with van der Waals surface area (Å²) in [4.78, 5) is 2.42. The molecule has 59 heavy (non-hydrogen) atoms. The highest BCUT2D eigenvalue weighted by Crippen LogP contribution is 2.52. The average molecular weight is 762 g/mol. The second-order valence-corrected chi connectivity index (χ2v) is 18.7. The molecule has 8 aromatic rings. The van der Waals surface area contributed by atoms with Crippen LogP contribution in [0, 0.1) is 0 Å². The normalized spacial score (nSPS) is 14.3. The van der Waals surface area contributed by atoms with E-state index in [9.17, 15) is 0 Å². The Hall–Kier alpha value is -6.44. The van der Waals surface area contributed by atoms with E-state index < -0.39 is 0 Å². The zero-order chi connectivity index (χ0) is 40.7. The van der Waals surface area contributed by atoms with Crippen LogP contribution in [-0.2, 0) is 16.2 Å². The first-order chi connectivity index (χ1) is 28.4. The predicted molar refractivity (Wildman–Crippen MR) is 251 cm³/mol. The van der Waals surface area contributed by atoms with Crippen molar-refractivity contribution >= 4 is 17.1 Å². The monoisotopic (exact) mass is 761 g/mol. The summed E-state index contributed by atoms with van der Waals surface area (Å²) >= 11 is 0. The largest absolute Gasteiger partial charge is 0.310 e. The maximum absolute atomic E-state index is 2.45. The van der Waals surface area contributed by atoms with E-state index in [4.69, 9.17) is 0 Å². The zero-order valence-corrected chi connectivity index (χ0v) is 35.3. The molecule has 0 saturated carbocycles. The van der Waals surface area contributed by atoms with E-state index in [0.29, 0.717) is 0 Å². The number of benzene rings is 8. The van der Waals surface area contributed by atoms with Gasteiger partial charge in [-0.3, -0.25) is 0 Å². The van der Waals surface area contributed by atoms with Crippen molar-refractivity contribution in [1.29, 1.82) is 0 Å². The lowest BCUT2D eigenvalue weighted by atomic mass is 9.81. The van der Waals surface area contributed by atoms with Crippen molar-refractivity contribution in [3.63, 3.8) is 0 Å². The van der Waals surface area contributed by atoms with E-state index in [2.05, 4.69) is 235 Å². The Bertz CT molecular complexity index is 2760. The van der Waals surface area contributed by atoms with Crippen molar-refractivity contribution in [2.24, 2.45) is 0 Å². The number of rotatable bonds is 6. The zero-order valence-electron chi connectivity index (χ0n) is 35.3. The molecule has 1 nitrogen and oxygen atoms in total. The van der Waals surface area contributed by atoms with Crippen LogP contribution in [0.4, 0.5) is 17.1 Å². The maximum Gasteiger partial charge on any atom is 0.0473 e. The molecule has 0 heterocycles. The van der Waals surface area contributed by atoms with Gasteiger partial charge in [-0.25, -0.2) is 0 Å². The molecule has 0 aliphatic heterocycles. The number of hydrogen-bond donors (Lipinski definition) is 0. The van der Waals surface area contributed by atoms with E-state index >= 15 is 0 Å². The van der Waals surface area contributed by atoms with Gasteiger partial charge >= 0.3 is 0 Å². The van der Waals surface area contributed by atoms with Crippen molar-refractivity contribution in [2.45, 2.75) is 64.7 Å². The molecule has 1 heteroatoms. The van der Waals surface area contributed by atoms with Crippen LogP contribution in [0.2, 0.25) is 0 Å². The molecule has 0 radical (unpaired) electrons. The van der Waals surface area contributed by atoms with Crippen molar-refractivity contribution in [1.82, 2.24) is 0 Å². The molecular weight excluding hydrogens is 711 g/mol. The SMILES string of the molecule is CC(C)(C)c1ccc(-c2ccc(N(c3ccccc3)c3cc(-c4ccc5c(c4)C(C)(C)c4ccccc4-5)cc(-c4ccc5c(c4)C(C)(C)c4ccccc4-5)c3)cc2)cc1. The third-order valence-corrected chi connectivity index (χ3v) is 13.2. The number of anilines is 3. The van der Waals surface area contributed by atoms with Gasteiger partial charge in [0.05, 0.1) is 0 Å². The first-order valence-electron chi connectivity index (χ1n) is 21.1. The molecule has 2 aliphatic carbocycles. The van der Waals surface area contributed by atoms with Crippen LogP contribution in [-0.4, -0.2) is 0 Å². The molecular formula is C58H51N. The van der Waals surface area contributed by atoms with Crippen LogP contribution in [0.1, 0.15) is 76.3 Å². The van der Waals surface area contributed by atoms with Gasteiger partial charge < -0.3 is 4.90 Å². The lowest BCUT2D eigenvalue weighted by molar-refractivity contribution is 0.590. The molecule has 0 N–H and O–H groups in total. The molecule has 0 spiro atoms. The Morgan fingerprint density at radius 1 is 0.322 bits per heavy atom. The molecule has 0 atom stereocenters. The van der Waals surface area contributed by atoms with E-state index in [1.165, 1.54) is 83.5 Å². The van der Waals surface area contributed by atoms with Gasteiger partial charge in [0.15, 0.2) is 0 Å².